The van der Waals surface area contributed by atoms with Crippen LogP contribution in [0.1, 0.15) is 53.7 Å². The van der Waals surface area contributed by atoms with E-state index >= 15 is 0 Å². The largest absolute Gasteiger partial charge is 0.385 e. The molecule has 0 bridgehead atoms. The minimum Gasteiger partial charge on any atom is -0.385 e. The maximum atomic E-state index is 12.6. The number of nitrogens with zero attached hydrogens (tertiary/aromatic N) is 1. The highest BCUT2D eigenvalue weighted by molar-refractivity contribution is 6.04. The molecule has 0 saturated carbocycles. The predicted octanol–water partition coefficient (Wildman–Crippen LogP) is 1.90. The van der Waals surface area contributed by atoms with E-state index in [0.29, 0.717) is 13.0 Å². The summed E-state index contributed by atoms with van der Waals surface area (Å²) in [5.41, 5.74) is 4.40. The summed E-state index contributed by atoms with van der Waals surface area (Å²) in [6.07, 6.45) is 6.01. The summed E-state index contributed by atoms with van der Waals surface area (Å²) in [7, 11) is 0. The smallest absolute Gasteiger partial charge is 0.179 e. The van der Waals surface area contributed by atoms with Crippen molar-refractivity contribution in [2.45, 2.75) is 58.1 Å². The van der Waals surface area contributed by atoms with Crippen LogP contribution in [0.2, 0.25) is 0 Å². The number of piperidine rings is 1. The summed E-state index contributed by atoms with van der Waals surface area (Å²) < 4.78 is 2.11. The Morgan fingerprint density at radius 1 is 1.16 bits per heavy atom. The third-order valence-corrected chi connectivity index (χ3v) is 5.90. The van der Waals surface area contributed by atoms with E-state index in [1.54, 1.807) is 0 Å². The van der Waals surface area contributed by atoms with Crippen LogP contribution in [0.5, 0.6) is 0 Å². The highest BCUT2D eigenvalue weighted by Crippen LogP contribution is 2.33. The monoisotopic (exact) mass is 341 g/mol. The molecule has 4 heteroatoms. The number of aliphatic hydroxyl groups excluding tert-OH is 1. The molecule has 1 fully saturated rings. The zero-order valence-corrected chi connectivity index (χ0v) is 15.2. The van der Waals surface area contributed by atoms with Crippen LogP contribution < -0.4 is 4.90 Å². The SMILES string of the molecule is Cc1ccc2c(c1)c1c(n2C[C@@H](O)C[NH+]2CCCCC2)C(=O)CCC1. The number of rotatable bonds is 4. The second-order valence-corrected chi connectivity index (χ2v) is 7.90. The van der Waals surface area contributed by atoms with E-state index in [9.17, 15) is 9.90 Å². The molecule has 2 heterocycles. The molecule has 1 aromatic heterocycles. The van der Waals surface area contributed by atoms with Crippen LogP contribution in [-0.4, -0.2) is 41.2 Å². The van der Waals surface area contributed by atoms with Crippen LogP contribution in [0.4, 0.5) is 0 Å². The number of benzene rings is 1. The summed E-state index contributed by atoms with van der Waals surface area (Å²) >= 11 is 0. The number of hydrogen-bond acceptors (Lipinski definition) is 2. The lowest BCUT2D eigenvalue weighted by molar-refractivity contribution is -0.908. The number of hydrogen-bond donors (Lipinski definition) is 2. The molecule has 1 atom stereocenters. The third kappa shape index (κ3) is 3.25. The van der Waals surface area contributed by atoms with E-state index in [1.165, 1.54) is 53.8 Å². The molecule has 2 aromatic rings. The summed E-state index contributed by atoms with van der Waals surface area (Å²) in [6, 6.07) is 6.43. The first-order chi connectivity index (χ1) is 12.1. The second-order valence-electron chi connectivity index (χ2n) is 7.90. The molecule has 134 valence electrons. The van der Waals surface area contributed by atoms with E-state index < -0.39 is 6.10 Å². The van der Waals surface area contributed by atoms with Gasteiger partial charge in [0, 0.05) is 17.3 Å². The van der Waals surface area contributed by atoms with Gasteiger partial charge in [-0.15, -0.1) is 0 Å². The maximum Gasteiger partial charge on any atom is 0.179 e. The van der Waals surface area contributed by atoms with Crippen LogP contribution in [0, 0.1) is 6.92 Å². The van der Waals surface area contributed by atoms with Crippen molar-refractivity contribution >= 4 is 16.7 Å². The van der Waals surface area contributed by atoms with Crippen LogP contribution >= 0.6 is 0 Å². The quantitative estimate of drug-likeness (QED) is 0.892. The number of carbonyl (C=O) groups is 1. The topological polar surface area (TPSA) is 46.7 Å². The molecule has 1 saturated heterocycles. The minimum atomic E-state index is -0.399. The first-order valence-electron chi connectivity index (χ1n) is 9.80. The average molecular weight is 341 g/mol. The fourth-order valence-electron chi connectivity index (χ4n) is 4.71. The Labute approximate surface area is 149 Å². The number of carbonyl (C=O) groups excluding carboxylic acids is 1. The van der Waals surface area contributed by atoms with Gasteiger partial charge >= 0.3 is 0 Å². The second kappa shape index (κ2) is 6.93. The molecular weight excluding hydrogens is 312 g/mol. The van der Waals surface area contributed by atoms with Gasteiger partial charge in [0.05, 0.1) is 25.3 Å². The maximum absolute atomic E-state index is 12.6. The number of ketones is 1. The van der Waals surface area contributed by atoms with Crippen LogP contribution in [0.15, 0.2) is 18.2 Å². The molecule has 2 N–H and O–H groups in total. The van der Waals surface area contributed by atoms with Crippen molar-refractivity contribution in [3.63, 3.8) is 0 Å². The van der Waals surface area contributed by atoms with Gasteiger partial charge in [0.2, 0.25) is 0 Å². The van der Waals surface area contributed by atoms with Gasteiger partial charge < -0.3 is 14.6 Å². The Bertz CT molecular complexity index is 787. The highest BCUT2D eigenvalue weighted by atomic mass is 16.3. The lowest BCUT2D eigenvalue weighted by Crippen LogP contribution is -3.13. The van der Waals surface area contributed by atoms with E-state index in [4.69, 9.17) is 0 Å². The van der Waals surface area contributed by atoms with Gasteiger partial charge in [0.25, 0.3) is 0 Å². The third-order valence-electron chi connectivity index (χ3n) is 5.90. The number of aliphatic hydroxyl groups is 1. The molecule has 0 unspecified atom stereocenters. The molecule has 1 aliphatic carbocycles. The van der Waals surface area contributed by atoms with Gasteiger partial charge in [-0.05, 0) is 56.7 Å². The number of nitrogens with one attached hydrogen (secondary N) is 1. The lowest BCUT2D eigenvalue weighted by atomic mass is 9.94. The molecule has 1 aromatic carbocycles. The molecule has 0 radical (unpaired) electrons. The van der Waals surface area contributed by atoms with Gasteiger partial charge in [-0.25, -0.2) is 0 Å². The summed E-state index contributed by atoms with van der Waals surface area (Å²) in [6.45, 7) is 5.75. The lowest BCUT2D eigenvalue weighted by Gasteiger charge is -2.26. The Morgan fingerprint density at radius 2 is 1.96 bits per heavy atom. The summed E-state index contributed by atoms with van der Waals surface area (Å²) in [5, 5.41) is 11.9. The van der Waals surface area contributed by atoms with Crippen molar-refractivity contribution in [1.82, 2.24) is 4.57 Å². The van der Waals surface area contributed by atoms with Crippen LogP contribution in [-0.2, 0) is 13.0 Å². The first kappa shape index (κ1) is 16.8. The molecule has 4 rings (SSSR count). The number of aryl methyl sites for hydroxylation is 2. The zero-order chi connectivity index (χ0) is 17.4. The van der Waals surface area contributed by atoms with E-state index in [1.807, 2.05) is 0 Å². The van der Waals surface area contributed by atoms with Gasteiger partial charge in [0.15, 0.2) is 5.78 Å². The fraction of sp³-hybridized carbons (Fsp3) is 0.571. The van der Waals surface area contributed by atoms with Crippen LogP contribution in [0.3, 0.4) is 0 Å². The Balaban J connectivity index is 1.66. The van der Waals surface area contributed by atoms with E-state index in [-0.39, 0.29) is 5.78 Å². The summed E-state index contributed by atoms with van der Waals surface area (Å²) in [5.74, 6) is 0.243. The number of fused-ring (bicyclic) bond motifs is 3. The number of aromatic nitrogens is 1. The molecule has 4 nitrogen and oxygen atoms in total. The number of quaternary nitrogens is 1. The Kier molecular flexibility index (Phi) is 4.65. The average Bonchev–Trinajstić information content (AvgIpc) is 2.90. The van der Waals surface area contributed by atoms with Crippen molar-refractivity contribution in [2.75, 3.05) is 19.6 Å². The highest BCUT2D eigenvalue weighted by Gasteiger charge is 2.27. The van der Waals surface area contributed by atoms with Crippen molar-refractivity contribution in [1.29, 1.82) is 0 Å². The molecular formula is C21H29N2O2+. The first-order valence-corrected chi connectivity index (χ1v) is 9.80. The zero-order valence-electron chi connectivity index (χ0n) is 15.2. The summed E-state index contributed by atoms with van der Waals surface area (Å²) in [4.78, 5) is 14.1. The fourth-order valence-corrected chi connectivity index (χ4v) is 4.71. The molecule has 0 spiro atoms. The van der Waals surface area contributed by atoms with E-state index in [2.05, 4.69) is 29.7 Å². The normalized spacial score (nSPS) is 20.0. The van der Waals surface area contributed by atoms with Crippen LogP contribution in [0.25, 0.3) is 10.9 Å². The van der Waals surface area contributed by atoms with Gasteiger partial charge in [-0.3, -0.25) is 4.79 Å². The Morgan fingerprint density at radius 3 is 2.76 bits per heavy atom. The van der Waals surface area contributed by atoms with Crippen molar-refractivity contribution in [3.05, 3.63) is 35.0 Å². The van der Waals surface area contributed by atoms with Crippen molar-refractivity contribution in [2.24, 2.45) is 0 Å². The van der Waals surface area contributed by atoms with Gasteiger partial charge in [-0.2, -0.15) is 0 Å². The Hall–Kier alpha value is -1.65. The minimum absolute atomic E-state index is 0.243. The number of likely N-dealkylation sites (tertiary alicyclic amines) is 1. The predicted molar refractivity (Wildman–Crippen MR) is 99.4 cm³/mol. The van der Waals surface area contributed by atoms with Crippen molar-refractivity contribution < 1.29 is 14.8 Å². The number of Topliss-reactive ketones (excluding diaryl/α,β-unsaturated/α-hetero) is 1. The van der Waals surface area contributed by atoms with Crippen molar-refractivity contribution in [3.8, 4) is 0 Å². The molecule has 2 aliphatic rings. The molecule has 0 amide bonds. The van der Waals surface area contributed by atoms with E-state index in [0.717, 1.165) is 30.6 Å². The van der Waals surface area contributed by atoms with Gasteiger partial charge in [-0.1, -0.05) is 11.6 Å². The van der Waals surface area contributed by atoms with Gasteiger partial charge in [0.1, 0.15) is 12.6 Å². The standard InChI is InChI=1S/C21H28N2O2/c1-15-8-9-19-18(12-15)17-6-5-7-20(25)21(17)23(19)14-16(24)13-22-10-3-2-4-11-22/h8-9,12,16,24H,2-7,10-11,13-14H2,1H3/p+1/t16-/m0/s1. The molecule has 25 heavy (non-hydrogen) atoms. The molecule has 1 aliphatic heterocycles.